The number of hydrogen-bond donors (Lipinski definition) is 0. The maximum atomic E-state index is 12.6. The molecular formula is C20H38O2Sn. The molecule has 0 aliphatic heterocycles. The van der Waals surface area contributed by atoms with Crippen molar-refractivity contribution in [2.75, 3.05) is 0 Å². The van der Waals surface area contributed by atoms with Crippen molar-refractivity contribution in [2.45, 2.75) is 105 Å². The van der Waals surface area contributed by atoms with Crippen molar-refractivity contribution in [3.05, 3.63) is 11.6 Å². The predicted molar refractivity (Wildman–Crippen MR) is 102 cm³/mol. The molecule has 1 fully saturated rings. The van der Waals surface area contributed by atoms with Crippen molar-refractivity contribution in [3.63, 3.8) is 0 Å². The first-order valence-corrected chi connectivity index (χ1v) is 17.3. The Morgan fingerprint density at radius 2 is 1.39 bits per heavy atom. The van der Waals surface area contributed by atoms with Gasteiger partial charge in [-0.25, -0.2) is 0 Å². The molecule has 1 aliphatic carbocycles. The zero-order valence-electron chi connectivity index (χ0n) is 15.8. The summed E-state index contributed by atoms with van der Waals surface area (Å²) in [5, 5.41) is 0. The average Bonchev–Trinajstić information content (AvgIpc) is 2.57. The van der Waals surface area contributed by atoms with Crippen molar-refractivity contribution in [3.8, 4) is 0 Å². The summed E-state index contributed by atoms with van der Waals surface area (Å²) in [5.41, 5.74) is 1.34. The zero-order chi connectivity index (χ0) is 17.0. The molecule has 23 heavy (non-hydrogen) atoms. The van der Waals surface area contributed by atoms with Gasteiger partial charge in [-0.1, -0.05) is 0 Å². The molecule has 0 N–H and O–H groups in total. The molecule has 0 atom stereocenters. The van der Waals surface area contributed by atoms with Crippen LogP contribution in [0.5, 0.6) is 0 Å². The molecule has 0 radical (unpaired) electrons. The van der Waals surface area contributed by atoms with Gasteiger partial charge in [-0.05, 0) is 0 Å². The third-order valence-electron chi connectivity index (χ3n) is 5.09. The summed E-state index contributed by atoms with van der Waals surface area (Å²) in [5.74, 6) is 0.0148. The van der Waals surface area contributed by atoms with Crippen LogP contribution in [-0.2, 0) is 7.87 Å². The molecule has 2 nitrogen and oxygen atoms in total. The Labute approximate surface area is 148 Å². The molecular weight excluding hydrogens is 391 g/mol. The number of carbonyl (C=O) groups is 1. The fraction of sp³-hybridized carbons (Fsp3) is 0.850. The van der Waals surface area contributed by atoms with E-state index in [1.54, 1.807) is 0 Å². The summed E-state index contributed by atoms with van der Waals surface area (Å²) < 4.78 is 10.1. The normalized spacial score (nSPS) is 15.5. The van der Waals surface area contributed by atoms with Crippen LogP contribution in [0.2, 0.25) is 13.3 Å². The van der Waals surface area contributed by atoms with Gasteiger partial charge in [-0.15, -0.1) is 0 Å². The van der Waals surface area contributed by atoms with Crippen molar-refractivity contribution < 1.29 is 7.87 Å². The number of unbranched alkanes of at least 4 members (excludes halogenated alkanes) is 3. The van der Waals surface area contributed by atoms with Crippen LogP contribution in [0.1, 0.15) is 91.4 Å². The van der Waals surface area contributed by atoms with Gasteiger partial charge in [0.1, 0.15) is 0 Å². The van der Waals surface area contributed by atoms with E-state index in [1.165, 1.54) is 76.7 Å². The Kier molecular flexibility index (Phi) is 11.3. The van der Waals surface area contributed by atoms with Gasteiger partial charge in [0, 0.05) is 0 Å². The average molecular weight is 429 g/mol. The van der Waals surface area contributed by atoms with E-state index in [1.807, 2.05) is 6.08 Å². The van der Waals surface area contributed by atoms with Crippen LogP contribution in [0.4, 0.5) is 0 Å². The van der Waals surface area contributed by atoms with E-state index in [-0.39, 0.29) is 5.97 Å². The molecule has 3 heteroatoms. The van der Waals surface area contributed by atoms with Crippen molar-refractivity contribution >= 4 is 24.8 Å². The van der Waals surface area contributed by atoms with Gasteiger partial charge in [-0.2, -0.15) is 0 Å². The topological polar surface area (TPSA) is 26.3 Å². The van der Waals surface area contributed by atoms with Crippen molar-refractivity contribution in [1.29, 1.82) is 0 Å². The van der Waals surface area contributed by atoms with Crippen molar-refractivity contribution in [1.82, 2.24) is 0 Å². The summed E-state index contributed by atoms with van der Waals surface area (Å²) in [6.45, 7) is 6.76. The number of hydrogen-bond acceptors (Lipinski definition) is 2. The van der Waals surface area contributed by atoms with Gasteiger partial charge in [0.05, 0.1) is 0 Å². The Bertz CT molecular complexity index is 333. The predicted octanol–water partition coefficient (Wildman–Crippen LogP) is 6.77. The van der Waals surface area contributed by atoms with Gasteiger partial charge in [0.25, 0.3) is 0 Å². The second kappa shape index (κ2) is 12.4. The summed E-state index contributed by atoms with van der Waals surface area (Å²) in [6, 6.07) is 0. The molecule has 0 aromatic heterocycles. The minimum absolute atomic E-state index is 0.0148. The van der Waals surface area contributed by atoms with E-state index < -0.39 is 18.8 Å². The molecule has 0 amide bonds. The molecule has 1 saturated carbocycles. The van der Waals surface area contributed by atoms with Crippen LogP contribution in [0.25, 0.3) is 0 Å². The molecule has 1 rings (SSSR count). The van der Waals surface area contributed by atoms with E-state index >= 15 is 0 Å². The van der Waals surface area contributed by atoms with Crippen LogP contribution < -0.4 is 0 Å². The van der Waals surface area contributed by atoms with Gasteiger partial charge >= 0.3 is 149 Å². The molecule has 0 unspecified atom stereocenters. The maximum absolute atomic E-state index is 12.6. The van der Waals surface area contributed by atoms with E-state index in [9.17, 15) is 4.79 Å². The molecule has 0 saturated heterocycles. The fourth-order valence-corrected chi connectivity index (χ4v) is 16.5. The number of allylic oxidation sites excluding steroid dienone is 1. The second-order valence-corrected chi connectivity index (χ2v) is 18.9. The van der Waals surface area contributed by atoms with E-state index in [4.69, 9.17) is 3.07 Å². The first-order valence-electron chi connectivity index (χ1n) is 10.1. The van der Waals surface area contributed by atoms with E-state index in [0.29, 0.717) is 0 Å². The van der Waals surface area contributed by atoms with E-state index in [0.717, 1.165) is 12.8 Å². The standard InChI is InChI=1S/C8H12O2.3C4H9.Sn/c9-8(10)6-7-4-2-1-3-5-7;3*1-3-4-2;/h6H,1-5H2,(H,9,10);3*1,3-4H2,2H3;/q;;;;+1/p-1. The quantitative estimate of drug-likeness (QED) is 0.268. The second-order valence-electron chi connectivity index (χ2n) is 7.28. The van der Waals surface area contributed by atoms with Gasteiger partial charge < -0.3 is 0 Å². The summed E-state index contributed by atoms with van der Waals surface area (Å²) in [7, 11) is 0. The Balaban J connectivity index is 2.75. The molecule has 0 aromatic carbocycles. The van der Waals surface area contributed by atoms with Gasteiger partial charge in [0.2, 0.25) is 0 Å². The van der Waals surface area contributed by atoms with Gasteiger partial charge in [-0.3, -0.25) is 0 Å². The SMILES string of the molecule is CCC[CH2][Sn]([CH2]CCC)([CH2]CCC)[O]C(=O)C=C1CCCCC1. The van der Waals surface area contributed by atoms with Crippen LogP contribution in [0, 0.1) is 0 Å². The first kappa shape index (κ1) is 21.1. The summed E-state index contributed by atoms with van der Waals surface area (Å²) in [4.78, 5) is 12.6. The van der Waals surface area contributed by atoms with Gasteiger partial charge in [0.15, 0.2) is 0 Å². The molecule has 1 aliphatic rings. The van der Waals surface area contributed by atoms with Crippen LogP contribution in [0.3, 0.4) is 0 Å². The minimum atomic E-state index is -2.76. The molecule has 0 bridgehead atoms. The Hall–Kier alpha value is 0.00870. The monoisotopic (exact) mass is 430 g/mol. The summed E-state index contributed by atoms with van der Waals surface area (Å²) in [6.07, 6.45) is 15.3. The molecule has 0 heterocycles. The number of carbonyl (C=O) groups excluding carboxylic acids is 1. The third-order valence-corrected chi connectivity index (χ3v) is 17.7. The Morgan fingerprint density at radius 1 is 0.913 bits per heavy atom. The fourth-order valence-electron chi connectivity index (χ4n) is 3.58. The number of rotatable bonds is 11. The Morgan fingerprint density at radius 3 is 1.83 bits per heavy atom. The van der Waals surface area contributed by atoms with E-state index in [2.05, 4.69) is 20.8 Å². The molecule has 134 valence electrons. The van der Waals surface area contributed by atoms with Crippen LogP contribution >= 0.6 is 0 Å². The summed E-state index contributed by atoms with van der Waals surface area (Å²) >= 11 is -2.76. The zero-order valence-corrected chi connectivity index (χ0v) is 18.6. The molecule has 0 aromatic rings. The molecule has 0 spiro atoms. The van der Waals surface area contributed by atoms with Crippen molar-refractivity contribution in [2.24, 2.45) is 0 Å². The van der Waals surface area contributed by atoms with Crippen LogP contribution in [-0.4, -0.2) is 24.8 Å². The third kappa shape index (κ3) is 8.60. The van der Waals surface area contributed by atoms with Crippen LogP contribution in [0.15, 0.2) is 11.6 Å². The first-order chi connectivity index (χ1) is 11.2.